The maximum absolute atomic E-state index is 11.4. The van der Waals surface area contributed by atoms with Crippen LogP contribution < -0.4 is 10.6 Å². The van der Waals surface area contributed by atoms with Gasteiger partial charge in [0, 0.05) is 12.6 Å². The van der Waals surface area contributed by atoms with Crippen molar-refractivity contribution < 1.29 is 14.7 Å². The second kappa shape index (κ2) is 8.06. The van der Waals surface area contributed by atoms with Crippen LogP contribution in [0.2, 0.25) is 0 Å². The number of amides is 1. The van der Waals surface area contributed by atoms with Crippen molar-refractivity contribution in [3.8, 4) is 0 Å². The van der Waals surface area contributed by atoms with Crippen LogP contribution in [-0.4, -0.2) is 36.1 Å². The molecule has 1 atom stereocenters. The predicted molar refractivity (Wildman–Crippen MR) is 66.7 cm³/mol. The summed E-state index contributed by atoms with van der Waals surface area (Å²) < 4.78 is 0. The van der Waals surface area contributed by atoms with Crippen molar-refractivity contribution in [3.63, 3.8) is 0 Å². The molecule has 0 saturated carbocycles. The van der Waals surface area contributed by atoms with E-state index in [1.807, 2.05) is 27.7 Å². The highest BCUT2D eigenvalue weighted by Crippen LogP contribution is 2.10. The minimum atomic E-state index is -0.851. The van der Waals surface area contributed by atoms with Crippen molar-refractivity contribution in [1.82, 2.24) is 10.6 Å². The lowest BCUT2D eigenvalue weighted by Gasteiger charge is -2.16. The Labute approximate surface area is 103 Å². The van der Waals surface area contributed by atoms with Crippen LogP contribution in [0.4, 0.5) is 0 Å². The fourth-order valence-electron chi connectivity index (χ4n) is 1.44. The fourth-order valence-corrected chi connectivity index (χ4v) is 1.44. The van der Waals surface area contributed by atoms with Crippen molar-refractivity contribution in [2.45, 2.75) is 40.2 Å². The second-order valence-corrected chi connectivity index (χ2v) is 5.00. The van der Waals surface area contributed by atoms with Crippen LogP contribution >= 0.6 is 0 Å². The van der Waals surface area contributed by atoms with Gasteiger partial charge in [0.1, 0.15) is 0 Å². The highest BCUT2D eigenvalue weighted by molar-refractivity contribution is 5.79. The molecule has 0 radical (unpaired) electrons. The Kier molecular flexibility index (Phi) is 7.54. The van der Waals surface area contributed by atoms with Crippen molar-refractivity contribution >= 4 is 11.9 Å². The number of carbonyl (C=O) groups excluding carboxylic acids is 1. The summed E-state index contributed by atoms with van der Waals surface area (Å²) in [6.45, 7) is 8.27. The molecule has 0 heterocycles. The summed E-state index contributed by atoms with van der Waals surface area (Å²) in [4.78, 5) is 22.3. The average molecular weight is 244 g/mol. The zero-order chi connectivity index (χ0) is 13.4. The van der Waals surface area contributed by atoms with Gasteiger partial charge in [-0.25, -0.2) is 0 Å². The first-order valence-electron chi connectivity index (χ1n) is 6.05. The van der Waals surface area contributed by atoms with Gasteiger partial charge in [-0.15, -0.1) is 0 Å². The average Bonchev–Trinajstić information content (AvgIpc) is 2.20. The molecule has 3 N–H and O–H groups in total. The largest absolute Gasteiger partial charge is 0.481 e. The van der Waals surface area contributed by atoms with Gasteiger partial charge < -0.3 is 15.7 Å². The molecule has 0 bridgehead atoms. The highest BCUT2D eigenvalue weighted by Gasteiger charge is 2.19. The minimum absolute atomic E-state index is 0.159. The number of rotatable bonds is 8. The topological polar surface area (TPSA) is 78.4 Å². The zero-order valence-electron chi connectivity index (χ0n) is 11.1. The predicted octanol–water partition coefficient (Wildman–Crippen LogP) is 0.847. The Hall–Kier alpha value is -1.10. The van der Waals surface area contributed by atoms with E-state index in [-0.39, 0.29) is 25.0 Å². The summed E-state index contributed by atoms with van der Waals surface area (Å²) in [5.41, 5.74) is 0. The van der Waals surface area contributed by atoms with Crippen LogP contribution in [0.15, 0.2) is 0 Å². The molecule has 100 valence electrons. The molecule has 1 unspecified atom stereocenters. The Morgan fingerprint density at radius 2 is 1.76 bits per heavy atom. The Morgan fingerprint density at radius 1 is 1.18 bits per heavy atom. The molecule has 0 aliphatic heterocycles. The van der Waals surface area contributed by atoms with E-state index in [4.69, 9.17) is 5.11 Å². The smallest absolute Gasteiger partial charge is 0.308 e. The van der Waals surface area contributed by atoms with Gasteiger partial charge in [-0.1, -0.05) is 27.7 Å². The summed E-state index contributed by atoms with van der Waals surface area (Å²) in [7, 11) is 0. The van der Waals surface area contributed by atoms with E-state index in [2.05, 4.69) is 10.6 Å². The minimum Gasteiger partial charge on any atom is -0.481 e. The van der Waals surface area contributed by atoms with Crippen molar-refractivity contribution in [2.75, 3.05) is 13.1 Å². The van der Waals surface area contributed by atoms with Crippen LogP contribution in [0.3, 0.4) is 0 Å². The SMILES string of the molecule is CC(C)CC(CNC(=O)CNC(C)C)C(=O)O. The third kappa shape index (κ3) is 8.68. The van der Waals surface area contributed by atoms with E-state index in [0.29, 0.717) is 12.3 Å². The van der Waals surface area contributed by atoms with Crippen LogP contribution in [0.1, 0.15) is 34.1 Å². The number of carboxylic acids is 1. The number of carbonyl (C=O) groups is 2. The molecule has 0 fully saturated rings. The summed E-state index contributed by atoms with van der Waals surface area (Å²) in [6, 6.07) is 0.242. The molecule has 0 aliphatic carbocycles. The van der Waals surface area contributed by atoms with Crippen molar-refractivity contribution in [2.24, 2.45) is 11.8 Å². The van der Waals surface area contributed by atoms with Gasteiger partial charge in [0.05, 0.1) is 12.5 Å². The summed E-state index contributed by atoms with van der Waals surface area (Å²) in [5.74, 6) is -1.20. The molecule has 1 amide bonds. The quantitative estimate of drug-likeness (QED) is 0.591. The standard InChI is InChI=1S/C12H24N2O3/c1-8(2)5-10(12(16)17)6-14-11(15)7-13-9(3)4/h8-10,13H,5-7H2,1-4H3,(H,14,15)(H,16,17). The van der Waals surface area contributed by atoms with Gasteiger partial charge >= 0.3 is 5.97 Å². The van der Waals surface area contributed by atoms with Gasteiger partial charge in [0.15, 0.2) is 0 Å². The first-order chi connectivity index (χ1) is 7.82. The lowest BCUT2D eigenvalue weighted by atomic mass is 9.97. The van der Waals surface area contributed by atoms with E-state index < -0.39 is 11.9 Å². The maximum atomic E-state index is 11.4. The van der Waals surface area contributed by atoms with Crippen molar-refractivity contribution in [1.29, 1.82) is 0 Å². The highest BCUT2D eigenvalue weighted by atomic mass is 16.4. The molecule has 0 aromatic carbocycles. The van der Waals surface area contributed by atoms with Crippen LogP contribution in [0.5, 0.6) is 0 Å². The Balaban J connectivity index is 3.95. The molecule has 0 rings (SSSR count). The van der Waals surface area contributed by atoms with Gasteiger partial charge in [-0.05, 0) is 12.3 Å². The van der Waals surface area contributed by atoms with Gasteiger partial charge in [0.25, 0.3) is 0 Å². The Bertz CT molecular complexity index is 252. The zero-order valence-corrected chi connectivity index (χ0v) is 11.1. The van der Waals surface area contributed by atoms with Crippen molar-refractivity contribution in [3.05, 3.63) is 0 Å². The third-order valence-corrected chi connectivity index (χ3v) is 2.32. The number of hydrogen-bond acceptors (Lipinski definition) is 3. The summed E-state index contributed by atoms with van der Waals surface area (Å²) in [6.07, 6.45) is 0.577. The Morgan fingerprint density at radius 3 is 2.18 bits per heavy atom. The van der Waals surface area contributed by atoms with E-state index in [1.54, 1.807) is 0 Å². The molecule has 0 aromatic rings. The van der Waals surface area contributed by atoms with E-state index >= 15 is 0 Å². The third-order valence-electron chi connectivity index (χ3n) is 2.32. The van der Waals surface area contributed by atoms with Crippen LogP contribution in [0, 0.1) is 11.8 Å². The van der Waals surface area contributed by atoms with Gasteiger partial charge in [-0.3, -0.25) is 9.59 Å². The van der Waals surface area contributed by atoms with E-state index in [9.17, 15) is 9.59 Å². The number of aliphatic carboxylic acids is 1. The fraction of sp³-hybridized carbons (Fsp3) is 0.833. The molecule has 0 saturated heterocycles. The molecular formula is C12H24N2O3. The molecule has 5 nitrogen and oxygen atoms in total. The second-order valence-electron chi connectivity index (χ2n) is 5.00. The molecular weight excluding hydrogens is 220 g/mol. The molecule has 0 spiro atoms. The number of hydrogen-bond donors (Lipinski definition) is 3. The number of nitrogens with one attached hydrogen (secondary N) is 2. The maximum Gasteiger partial charge on any atom is 0.308 e. The molecule has 5 heteroatoms. The van der Waals surface area contributed by atoms with Gasteiger partial charge in [0.2, 0.25) is 5.91 Å². The summed E-state index contributed by atoms with van der Waals surface area (Å²) in [5, 5.41) is 14.6. The molecule has 0 aromatic heterocycles. The molecule has 0 aliphatic rings. The van der Waals surface area contributed by atoms with E-state index in [0.717, 1.165) is 0 Å². The molecule has 17 heavy (non-hydrogen) atoms. The lowest BCUT2D eigenvalue weighted by Crippen LogP contribution is -2.40. The normalized spacial score (nSPS) is 12.8. The monoisotopic (exact) mass is 244 g/mol. The lowest BCUT2D eigenvalue weighted by molar-refractivity contribution is -0.142. The first kappa shape index (κ1) is 15.9. The van der Waals surface area contributed by atoms with E-state index in [1.165, 1.54) is 0 Å². The first-order valence-corrected chi connectivity index (χ1v) is 6.05. The van der Waals surface area contributed by atoms with Gasteiger partial charge in [-0.2, -0.15) is 0 Å². The number of carboxylic acid groups (broad SMARTS) is 1. The van der Waals surface area contributed by atoms with Crippen LogP contribution in [-0.2, 0) is 9.59 Å². The van der Waals surface area contributed by atoms with Crippen LogP contribution in [0.25, 0.3) is 0 Å². The summed E-state index contributed by atoms with van der Waals surface area (Å²) >= 11 is 0.